The third-order valence-electron chi connectivity index (χ3n) is 2.48. The summed E-state index contributed by atoms with van der Waals surface area (Å²) in [5.74, 6) is -0.647. The van der Waals surface area contributed by atoms with Gasteiger partial charge in [-0.25, -0.2) is 4.18 Å². The molecule has 0 radical (unpaired) electrons. The van der Waals surface area contributed by atoms with E-state index in [1.54, 1.807) is 0 Å². The first-order valence-corrected chi connectivity index (χ1v) is 6.57. The monoisotopic (exact) mass is 301 g/mol. The van der Waals surface area contributed by atoms with Crippen LogP contribution in [-0.2, 0) is 24.1 Å². The maximum Gasteiger partial charge on any atom is 0.397 e. The fourth-order valence-corrected chi connectivity index (χ4v) is 2.24. The Labute approximate surface area is 108 Å². The van der Waals surface area contributed by atoms with Crippen molar-refractivity contribution in [3.05, 3.63) is 0 Å². The van der Waals surface area contributed by atoms with Crippen LogP contribution < -0.4 is 5.32 Å². The summed E-state index contributed by atoms with van der Waals surface area (Å²) < 4.78 is 39.0. The molecular weight excluding hydrogens is 286 g/mol. The molecular formula is C8H15NO9S. The van der Waals surface area contributed by atoms with Crippen LogP contribution in [-0.4, -0.2) is 71.4 Å². The highest BCUT2D eigenvalue weighted by Gasteiger charge is 2.47. The van der Waals surface area contributed by atoms with Crippen LogP contribution in [0.3, 0.4) is 0 Å². The van der Waals surface area contributed by atoms with Gasteiger partial charge in [-0.2, -0.15) is 8.42 Å². The van der Waals surface area contributed by atoms with E-state index in [1.807, 2.05) is 0 Å². The van der Waals surface area contributed by atoms with Crippen LogP contribution >= 0.6 is 0 Å². The predicted octanol–water partition coefficient (Wildman–Crippen LogP) is -3.25. The molecule has 0 spiro atoms. The molecule has 0 saturated carbocycles. The van der Waals surface area contributed by atoms with Crippen molar-refractivity contribution in [2.45, 2.75) is 37.6 Å². The van der Waals surface area contributed by atoms with Gasteiger partial charge in [-0.15, -0.1) is 0 Å². The molecule has 0 aromatic heterocycles. The zero-order valence-corrected chi connectivity index (χ0v) is 10.6. The molecule has 10 nitrogen and oxygen atoms in total. The maximum absolute atomic E-state index is 11.0. The molecule has 0 aliphatic carbocycles. The van der Waals surface area contributed by atoms with Crippen molar-refractivity contribution >= 4 is 16.3 Å². The van der Waals surface area contributed by atoms with E-state index in [0.717, 1.165) is 6.92 Å². The number of ether oxygens (including phenoxy) is 1. The van der Waals surface area contributed by atoms with Crippen LogP contribution in [0.15, 0.2) is 0 Å². The van der Waals surface area contributed by atoms with Crippen LogP contribution in [0.2, 0.25) is 0 Å². The van der Waals surface area contributed by atoms with Gasteiger partial charge in [0.1, 0.15) is 24.4 Å². The molecule has 19 heavy (non-hydrogen) atoms. The Morgan fingerprint density at radius 3 is 2.42 bits per heavy atom. The standard InChI is InChI=1S/C8H15NO9S/c1-3(11)9-5-7(18-19(14,15)16)6(12)4(2-10)17-8(5)13/h4-8,10,12-13H,2H2,1H3,(H,9,11)(H,14,15,16)/t4?,5-,6-,7?,8+/m0/s1. The summed E-state index contributed by atoms with van der Waals surface area (Å²) in [6.07, 6.45) is -6.45. The zero-order valence-electron chi connectivity index (χ0n) is 9.83. The lowest BCUT2D eigenvalue weighted by atomic mass is 9.97. The first-order chi connectivity index (χ1) is 8.65. The molecule has 0 aromatic carbocycles. The molecule has 1 aliphatic rings. The number of carbonyl (C=O) groups is 1. The minimum Gasteiger partial charge on any atom is -0.394 e. The van der Waals surface area contributed by atoms with Gasteiger partial charge >= 0.3 is 10.4 Å². The van der Waals surface area contributed by atoms with Gasteiger partial charge in [-0.3, -0.25) is 9.35 Å². The summed E-state index contributed by atoms with van der Waals surface area (Å²) in [7, 11) is -4.94. The summed E-state index contributed by atoms with van der Waals surface area (Å²) >= 11 is 0. The predicted molar refractivity (Wildman–Crippen MR) is 58.0 cm³/mol. The minimum atomic E-state index is -4.94. The lowest BCUT2D eigenvalue weighted by Gasteiger charge is -2.41. The van der Waals surface area contributed by atoms with E-state index in [0.29, 0.717) is 0 Å². The van der Waals surface area contributed by atoms with Crippen LogP contribution in [0.5, 0.6) is 0 Å². The van der Waals surface area contributed by atoms with E-state index in [2.05, 4.69) is 9.50 Å². The number of amides is 1. The second-order valence-electron chi connectivity index (χ2n) is 3.95. The lowest BCUT2D eigenvalue weighted by molar-refractivity contribution is -0.249. The summed E-state index contributed by atoms with van der Waals surface area (Å²) in [6, 6.07) is -1.43. The van der Waals surface area contributed by atoms with E-state index in [4.69, 9.17) is 14.4 Å². The summed E-state index contributed by atoms with van der Waals surface area (Å²) in [6.45, 7) is 0.359. The largest absolute Gasteiger partial charge is 0.397 e. The molecule has 5 N–H and O–H groups in total. The van der Waals surface area contributed by atoms with Gasteiger partial charge in [0.2, 0.25) is 5.91 Å². The molecule has 11 heteroatoms. The van der Waals surface area contributed by atoms with E-state index in [-0.39, 0.29) is 0 Å². The highest BCUT2D eigenvalue weighted by Crippen LogP contribution is 2.23. The van der Waals surface area contributed by atoms with E-state index in [9.17, 15) is 23.4 Å². The normalized spacial score (nSPS) is 35.9. The second-order valence-corrected chi connectivity index (χ2v) is 5.00. The average molecular weight is 301 g/mol. The van der Waals surface area contributed by atoms with Gasteiger partial charge in [0.15, 0.2) is 6.29 Å². The third kappa shape index (κ3) is 4.35. The first-order valence-electron chi connectivity index (χ1n) is 5.21. The van der Waals surface area contributed by atoms with Gasteiger partial charge in [0.05, 0.1) is 6.61 Å². The number of aliphatic hydroxyl groups is 3. The fraction of sp³-hybridized carbons (Fsp3) is 0.875. The molecule has 0 aromatic rings. The SMILES string of the molecule is CC(=O)N[C@H]1C(OS(=O)(=O)O)[C@@H](O)C(CO)O[C@H]1O. The third-order valence-corrected chi connectivity index (χ3v) is 2.94. The van der Waals surface area contributed by atoms with Gasteiger partial charge in [0.25, 0.3) is 0 Å². The lowest BCUT2D eigenvalue weighted by Crippen LogP contribution is -2.65. The Bertz CT molecular complexity index is 424. The van der Waals surface area contributed by atoms with Crippen molar-refractivity contribution in [1.82, 2.24) is 5.32 Å². The van der Waals surface area contributed by atoms with E-state index in [1.165, 1.54) is 0 Å². The molecule has 1 amide bonds. The Kier molecular flexibility index (Phi) is 5.20. The van der Waals surface area contributed by atoms with Crippen molar-refractivity contribution in [2.75, 3.05) is 6.61 Å². The Morgan fingerprint density at radius 1 is 1.42 bits per heavy atom. The molecule has 1 heterocycles. The van der Waals surface area contributed by atoms with Crippen LogP contribution in [0.1, 0.15) is 6.92 Å². The van der Waals surface area contributed by atoms with Crippen LogP contribution in [0.25, 0.3) is 0 Å². The Balaban J connectivity index is 3.00. The summed E-state index contributed by atoms with van der Waals surface area (Å²) in [5.41, 5.74) is 0. The number of rotatable bonds is 4. The molecule has 1 aliphatic heterocycles. The van der Waals surface area contributed by atoms with Gasteiger partial charge < -0.3 is 25.4 Å². The van der Waals surface area contributed by atoms with Crippen LogP contribution in [0.4, 0.5) is 0 Å². The molecule has 5 atom stereocenters. The van der Waals surface area contributed by atoms with Gasteiger partial charge in [0, 0.05) is 6.92 Å². The quantitative estimate of drug-likeness (QED) is 0.335. The van der Waals surface area contributed by atoms with E-state index < -0.39 is 53.6 Å². The smallest absolute Gasteiger partial charge is 0.394 e. The number of hydrogen-bond donors (Lipinski definition) is 5. The topological polar surface area (TPSA) is 163 Å². The first kappa shape index (κ1) is 16.2. The molecule has 112 valence electrons. The average Bonchev–Trinajstić information content (AvgIpc) is 2.26. The number of nitrogens with one attached hydrogen (secondary N) is 1. The fourth-order valence-electron chi connectivity index (χ4n) is 1.73. The van der Waals surface area contributed by atoms with Crippen molar-refractivity contribution in [1.29, 1.82) is 0 Å². The Hall–Kier alpha value is -0.820. The van der Waals surface area contributed by atoms with Crippen molar-refractivity contribution in [2.24, 2.45) is 0 Å². The summed E-state index contributed by atoms with van der Waals surface area (Å²) in [4.78, 5) is 11.0. The number of hydrogen-bond acceptors (Lipinski definition) is 8. The highest BCUT2D eigenvalue weighted by molar-refractivity contribution is 7.80. The van der Waals surface area contributed by atoms with Gasteiger partial charge in [-0.05, 0) is 0 Å². The van der Waals surface area contributed by atoms with Gasteiger partial charge in [-0.1, -0.05) is 0 Å². The second kappa shape index (κ2) is 6.09. The van der Waals surface area contributed by atoms with Crippen LogP contribution in [0, 0.1) is 0 Å². The molecule has 1 fully saturated rings. The van der Waals surface area contributed by atoms with Crippen molar-refractivity contribution in [3.8, 4) is 0 Å². The summed E-state index contributed by atoms with van der Waals surface area (Å²) in [5, 5.41) is 30.4. The van der Waals surface area contributed by atoms with E-state index >= 15 is 0 Å². The maximum atomic E-state index is 11.0. The molecule has 0 bridgehead atoms. The number of carbonyl (C=O) groups excluding carboxylic acids is 1. The van der Waals surface area contributed by atoms with Crippen molar-refractivity contribution in [3.63, 3.8) is 0 Å². The molecule has 1 rings (SSSR count). The van der Waals surface area contributed by atoms with Crippen molar-refractivity contribution < 1.29 is 42.0 Å². The zero-order chi connectivity index (χ0) is 14.8. The number of aliphatic hydroxyl groups excluding tert-OH is 3. The highest BCUT2D eigenvalue weighted by atomic mass is 32.3. The minimum absolute atomic E-state index is 0.647. The Morgan fingerprint density at radius 2 is 2.00 bits per heavy atom. The molecule has 2 unspecified atom stereocenters. The molecule has 1 saturated heterocycles.